The molecule has 0 aromatic heterocycles. The molecule has 2 nitrogen and oxygen atoms in total. The molecule has 0 heterocycles. The molecule has 0 radical (unpaired) electrons. The van der Waals surface area contributed by atoms with E-state index < -0.39 is 0 Å². The van der Waals surface area contributed by atoms with Crippen molar-refractivity contribution in [1.82, 2.24) is 0 Å². The molecule has 0 aliphatic rings. The minimum atomic E-state index is 0.0193. The number of benzene rings is 2. The average molecular weight is 269 g/mol. The SMILES string of the molecule is COc1ccc(C(N)Cc2ccc(C(C)C)cc2)cc1. The summed E-state index contributed by atoms with van der Waals surface area (Å²) >= 11 is 0. The van der Waals surface area contributed by atoms with Gasteiger partial charge in [0.05, 0.1) is 7.11 Å². The van der Waals surface area contributed by atoms with Crippen molar-refractivity contribution in [2.24, 2.45) is 5.73 Å². The van der Waals surface area contributed by atoms with Crippen molar-refractivity contribution >= 4 is 0 Å². The van der Waals surface area contributed by atoms with E-state index in [-0.39, 0.29) is 6.04 Å². The summed E-state index contributed by atoms with van der Waals surface area (Å²) in [7, 11) is 1.67. The van der Waals surface area contributed by atoms with Crippen molar-refractivity contribution in [1.29, 1.82) is 0 Å². The Bertz CT molecular complexity index is 528. The molecular weight excluding hydrogens is 246 g/mol. The Hall–Kier alpha value is -1.80. The van der Waals surface area contributed by atoms with Crippen LogP contribution in [0.1, 0.15) is 42.5 Å². The summed E-state index contributed by atoms with van der Waals surface area (Å²) in [6, 6.07) is 16.7. The average Bonchev–Trinajstić information content (AvgIpc) is 2.48. The van der Waals surface area contributed by atoms with Gasteiger partial charge in [0.1, 0.15) is 5.75 Å². The molecule has 20 heavy (non-hydrogen) atoms. The Labute approximate surface area is 121 Å². The number of nitrogens with two attached hydrogens (primary N) is 1. The van der Waals surface area contributed by atoms with E-state index in [1.54, 1.807) is 7.11 Å². The van der Waals surface area contributed by atoms with Crippen LogP contribution in [0.2, 0.25) is 0 Å². The molecule has 2 N–H and O–H groups in total. The zero-order valence-electron chi connectivity index (χ0n) is 12.5. The highest BCUT2D eigenvalue weighted by molar-refractivity contribution is 5.31. The van der Waals surface area contributed by atoms with Crippen molar-refractivity contribution in [3.8, 4) is 5.75 Å². The summed E-state index contributed by atoms with van der Waals surface area (Å²) in [6.45, 7) is 4.41. The number of methoxy groups -OCH3 is 1. The fraction of sp³-hybridized carbons (Fsp3) is 0.333. The highest BCUT2D eigenvalue weighted by Crippen LogP contribution is 2.21. The van der Waals surface area contributed by atoms with Crippen LogP contribution in [0, 0.1) is 0 Å². The van der Waals surface area contributed by atoms with Crippen molar-refractivity contribution < 1.29 is 4.74 Å². The third kappa shape index (κ3) is 3.61. The number of hydrogen-bond donors (Lipinski definition) is 1. The molecule has 0 amide bonds. The molecule has 2 heteroatoms. The van der Waals surface area contributed by atoms with Gasteiger partial charge in [0.15, 0.2) is 0 Å². The highest BCUT2D eigenvalue weighted by Gasteiger charge is 2.08. The predicted molar refractivity (Wildman–Crippen MR) is 84.2 cm³/mol. The Morgan fingerprint density at radius 3 is 1.95 bits per heavy atom. The summed E-state index contributed by atoms with van der Waals surface area (Å²) in [5.74, 6) is 1.43. The predicted octanol–water partition coefficient (Wildman–Crippen LogP) is 4.06. The van der Waals surface area contributed by atoms with Crippen LogP contribution in [0.4, 0.5) is 0 Å². The minimum Gasteiger partial charge on any atom is -0.497 e. The van der Waals surface area contributed by atoms with Gasteiger partial charge in [-0.05, 0) is 41.2 Å². The summed E-state index contributed by atoms with van der Waals surface area (Å²) in [5, 5.41) is 0. The molecule has 2 aromatic carbocycles. The van der Waals surface area contributed by atoms with Gasteiger partial charge in [-0.3, -0.25) is 0 Å². The Kier molecular flexibility index (Phi) is 4.80. The molecule has 0 aliphatic carbocycles. The Morgan fingerprint density at radius 1 is 0.900 bits per heavy atom. The van der Waals surface area contributed by atoms with Crippen LogP contribution in [0.5, 0.6) is 5.75 Å². The molecule has 2 rings (SSSR count). The smallest absolute Gasteiger partial charge is 0.118 e. The Morgan fingerprint density at radius 2 is 1.45 bits per heavy atom. The summed E-state index contributed by atoms with van der Waals surface area (Å²) in [5.41, 5.74) is 10.1. The lowest BCUT2D eigenvalue weighted by Gasteiger charge is -2.13. The van der Waals surface area contributed by atoms with Crippen LogP contribution >= 0.6 is 0 Å². The van der Waals surface area contributed by atoms with Crippen molar-refractivity contribution in [3.63, 3.8) is 0 Å². The second-order valence-electron chi connectivity index (χ2n) is 5.48. The monoisotopic (exact) mass is 269 g/mol. The second kappa shape index (κ2) is 6.58. The van der Waals surface area contributed by atoms with E-state index in [4.69, 9.17) is 10.5 Å². The van der Waals surface area contributed by atoms with E-state index in [1.807, 2.05) is 24.3 Å². The number of ether oxygens (including phenoxy) is 1. The van der Waals surface area contributed by atoms with Gasteiger partial charge in [0.25, 0.3) is 0 Å². The van der Waals surface area contributed by atoms with Crippen LogP contribution < -0.4 is 10.5 Å². The van der Waals surface area contributed by atoms with Gasteiger partial charge in [-0.25, -0.2) is 0 Å². The minimum absolute atomic E-state index is 0.0193. The van der Waals surface area contributed by atoms with E-state index in [0.717, 1.165) is 17.7 Å². The van der Waals surface area contributed by atoms with E-state index in [1.165, 1.54) is 11.1 Å². The van der Waals surface area contributed by atoms with E-state index in [2.05, 4.69) is 38.1 Å². The van der Waals surface area contributed by atoms with Crippen LogP contribution in [-0.4, -0.2) is 7.11 Å². The van der Waals surface area contributed by atoms with Gasteiger partial charge in [-0.1, -0.05) is 50.2 Å². The first-order valence-corrected chi connectivity index (χ1v) is 7.08. The first-order valence-electron chi connectivity index (χ1n) is 7.08. The topological polar surface area (TPSA) is 35.2 Å². The first kappa shape index (κ1) is 14.6. The molecule has 1 atom stereocenters. The fourth-order valence-corrected chi connectivity index (χ4v) is 2.26. The maximum absolute atomic E-state index is 6.28. The van der Waals surface area contributed by atoms with Gasteiger partial charge < -0.3 is 10.5 Å². The maximum atomic E-state index is 6.28. The molecule has 2 aromatic rings. The van der Waals surface area contributed by atoms with E-state index in [0.29, 0.717) is 5.92 Å². The van der Waals surface area contributed by atoms with Crippen molar-refractivity contribution in [2.75, 3.05) is 7.11 Å². The quantitative estimate of drug-likeness (QED) is 0.888. The lowest BCUT2D eigenvalue weighted by molar-refractivity contribution is 0.414. The lowest BCUT2D eigenvalue weighted by atomic mass is 9.96. The normalized spacial score (nSPS) is 12.4. The molecule has 1 unspecified atom stereocenters. The number of rotatable bonds is 5. The molecule has 0 saturated heterocycles. The van der Waals surface area contributed by atoms with Gasteiger partial charge in [0, 0.05) is 6.04 Å². The molecular formula is C18H23NO. The third-order valence-corrected chi connectivity index (χ3v) is 3.65. The van der Waals surface area contributed by atoms with E-state index in [9.17, 15) is 0 Å². The molecule has 0 fully saturated rings. The molecule has 0 bridgehead atoms. The third-order valence-electron chi connectivity index (χ3n) is 3.65. The van der Waals surface area contributed by atoms with Gasteiger partial charge in [0.2, 0.25) is 0 Å². The van der Waals surface area contributed by atoms with Crippen molar-refractivity contribution in [3.05, 3.63) is 65.2 Å². The van der Waals surface area contributed by atoms with Crippen LogP contribution in [-0.2, 0) is 6.42 Å². The highest BCUT2D eigenvalue weighted by atomic mass is 16.5. The molecule has 0 saturated carbocycles. The van der Waals surface area contributed by atoms with Crippen LogP contribution in [0.25, 0.3) is 0 Å². The zero-order valence-corrected chi connectivity index (χ0v) is 12.5. The fourth-order valence-electron chi connectivity index (χ4n) is 2.26. The summed E-state index contributed by atoms with van der Waals surface area (Å²) < 4.78 is 5.16. The first-order chi connectivity index (χ1) is 9.60. The van der Waals surface area contributed by atoms with E-state index >= 15 is 0 Å². The molecule has 0 aliphatic heterocycles. The number of hydrogen-bond acceptors (Lipinski definition) is 2. The maximum Gasteiger partial charge on any atom is 0.118 e. The molecule has 0 spiro atoms. The van der Waals surface area contributed by atoms with Crippen LogP contribution in [0.15, 0.2) is 48.5 Å². The zero-order chi connectivity index (χ0) is 14.5. The second-order valence-corrected chi connectivity index (χ2v) is 5.48. The standard InChI is InChI=1S/C18H23NO/c1-13(2)15-6-4-14(5-7-15)12-18(19)16-8-10-17(20-3)11-9-16/h4-11,13,18H,12,19H2,1-3H3. The van der Waals surface area contributed by atoms with Gasteiger partial charge in [-0.15, -0.1) is 0 Å². The molecule has 106 valence electrons. The summed E-state index contributed by atoms with van der Waals surface area (Å²) in [6.07, 6.45) is 0.852. The Balaban J connectivity index is 2.04. The largest absolute Gasteiger partial charge is 0.497 e. The summed E-state index contributed by atoms with van der Waals surface area (Å²) in [4.78, 5) is 0. The van der Waals surface area contributed by atoms with Gasteiger partial charge in [-0.2, -0.15) is 0 Å². The van der Waals surface area contributed by atoms with Crippen molar-refractivity contribution in [2.45, 2.75) is 32.2 Å². The lowest BCUT2D eigenvalue weighted by Crippen LogP contribution is -2.13. The van der Waals surface area contributed by atoms with Gasteiger partial charge >= 0.3 is 0 Å². The van der Waals surface area contributed by atoms with Crippen LogP contribution in [0.3, 0.4) is 0 Å².